The van der Waals surface area contributed by atoms with Crippen molar-refractivity contribution in [3.8, 4) is 0 Å². The first-order valence-corrected chi connectivity index (χ1v) is 8.40. The Labute approximate surface area is 124 Å². The Morgan fingerprint density at radius 1 is 1.25 bits per heavy atom. The van der Waals surface area contributed by atoms with Gasteiger partial charge < -0.3 is 10.6 Å². The molecule has 2 rings (SSSR count). The van der Waals surface area contributed by atoms with E-state index in [0.717, 1.165) is 24.2 Å². The zero-order valence-electron chi connectivity index (χ0n) is 13.8. The smallest absolute Gasteiger partial charge is 0.237 e. The SMILES string of the molecule is CCC(C)(C)NC(=O)C(C)NC(C)C1CC2CCC1C2. The molecule has 2 aliphatic carbocycles. The highest BCUT2D eigenvalue weighted by molar-refractivity contribution is 5.82. The van der Waals surface area contributed by atoms with E-state index < -0.39 is 0 Å². The highest BCUT2D eigenvalue weighted by atomic mass is 16.2. The second kappa shape index (κ2) is 6.05. The lowest BCUT2D eigenvalue weighted by Crippen LogP contribution is -2.53. The molecule has 2 fully saturated rings. The molecule has 0 spiro atoms. The predicted octanol–water partition coefficient (Wildman–Crippen LogP) is 3.09. The van der Waals surface area contributed by atoms with Crippen LogP contribution in [0.4, 0.5) is 0 Å². The van der Waals surface area contributed by atoms with Gasteiger partial charge in [-0.05, 0) is 71.1 Å². The number of hydrogen-bond acceptors (Lipinski definition) is 2. The fourth-order valence-corrected chi connectivity index (χ4v) is 4.03. The van der Waals surface area contributed by atoms with E-state index in [2.05, 4.69) is 38.3 Å². The van der Waals surface area contributed by atoms with E-state index in [9.17, 15) is 4.79 Å². The molecule has 0 aromatic rings. The molecule has 2 aliphatic rings. The molecule has 3 heteroatoms. The van der Waals surface area contributed by atoms with E-state index in [0.29, 0.717) is 6.04 Å². The topological polar surface area (TPSA) is 41.1 Å². The van der Waals surface area contributed by atoms with Crippen molar-refractivity contribution in [1.82, 2.24) is 10.6 Å². The summed E-state index contributed by atoms with van der Waals surface area (Å²) in [6.45, 7) is 10.5. The first-order valence-electron chi connectivity index (χ1n) is 8.40. The van der Waals surface area contributed by atoms with Crippen LogP contribution in [0.25, 0.3) is 0 Å². The molecule has 3 nitrogen and oxygen atoms in total. The van der Waals surface area contributed by atoms with Gasteiger partial charge in [0.2, 0.25) is 5.91 Å². The number of carbonyl (C=O) groups is 1. The Morgan fingerprint density at radius 2 is 1.95 bits per heavy atom. The summed E-state index contributed by atoms with van der Waals surface area (Å²) in [5, 5.41) is 6.68. The van der Waals surface area contributed by atoms with Crippen LogP contribution >= 0.6 is 0 Å². The van der Waals surface area contributed by atoms with Gasteiger partial charge in [-0.3, -0.25) is 4.79 Å². The van der Waals surface area contributed by atoms with E-state index in [1.165, 1.54) is 25.7 Å². The highest BCUT2D eigenvalue weighted by Crippen LogP contribution is 2.49. The van der Waals surface area contributed by atoms with Gasteiger partial charge in [-0.15, -0.1) is 0 Å². The van der Waals surface area contributed by atoms with Crippen LogP contribution in [0.1, 0.15) is 66.7 Å². The minimum absolute atomic E-state index is 0.102. The van der Waals surface area contributed by atoms with Gasteiger partial charge in [0.25, 0.3) is 0 Å². The number of fused-ring (bicyclic) bond motifs is 2. The summed E-state index contributed by atoms with van der Waals surface area (Å²) in [7, 11) is 0. The molecule has 0 aromatic heterocycles. The lowest BCUT2D eigenvalue weighted by molar-refractivity contribution is -0.124. The molecular weight excluding hydrogens is 248 g/mol. The third-order valence-corrected chi connectivity index (χ3v) is 5.69. The zero-order chi connectivity index (χ0) is 14.9. The molecule has 2 bridgehead atoms. The molecule has 0 heterocycles. The van der Waals surface area contributed by atoms with Gasteiger partial charge in [0.15, 0.2) is 0 Å². The summed E-state index contributed by atoms with van der Waals surface area (Å²) in [6.07, 6.45) is 6.60. The van der Waals surface area contributed by atoms with Gasteiger partial charge in [0, 0.05) is 11.6 Å². The third kappa shape index (κ3) is 3.55. The van der Waals surface area contributed by atoms with Crippen molar-refractivity contribution >= 4 is 5.91 Å². The number of hydrogen-bond donors (Lipinski definition) is 2. The maximum atomic E-state index is 12.3. The Balaban J connectivity index is 1.81. The average Bonchev–Trinajstić information content (AvgIpc) is 3.00. The third-order valence-electron chi connectivity index (χ3n) is 5.69. The molecule has 2 N–H and O–H groups in total. The fourth-order valence-electron chi connectivity index (χ4n) is 4.03. The van der Waals surface area contributed by atoms with Crippen molar-refractivity contribution in [3.05, 3.63) is 0 Å². The largest absolute Gasteiger partial charge is 0.350 e. The maximum absolute atomic E-state index is 12.3. The van der Waals surface area contributed by atoms with Crippen LogP contribution in [0.2, 0.25) is 0 Å². The van der Waals surface area contributed by atoms with Gasteiger partial charge in [-0.2, -0.15) is 0 Å². The van der Waals surface area contributed by atoms with Crippen LogP contribution in [-0.4, -0.2) is 23.5 Å². The van der Waals surface area contributed by atoms with E-state index in [-0.39, 0.29) is 17.5 Å². The minimum atomic E-state index is -0.108. The summed E-state index contributed by atoms with van der Waals surface area (Å²) < 4.78 is 0. The Morgan fingerprint density at radius 3 is 2.45 bits per heavy atom. The Kier molecular flexibility index (Phi) is 4.78. The van der Waals surface area contributed by atoms with E-state index in [4.69, 9.17) is 0 Å². The van der Waals surface area contributed by atoms with Gasteiger partial charge in [-0.1, -0.05) is 13.3 Å². The maximum Gasteiger partial charge on any atom is 0.237 e. The normalized spacial score (nSPS) is 32.1. The number of amides is 1. The average molecular weight is 280 g/mol. The molecule has 0 aromatic carbocycles. The van der Waals surface area contributed by atoms with Crippen LogP contribution in [0, 0.1) is 17.8 Å². The van der Waals surface area contributed by atoms with Gasteiger partial charge in [-0.25, -0.2) is 0 Å². The number of nitrogens with one attached hydrogen (secondary N) is 2. The second-order valence-electron chi connectivity index (χ2n) is 7.74. The van der Waals surface area contributed by atoms with E-state index in [1.807, 2.05) is 6.92 Å². The molecule has 20 heavy (non-hydrogen) atoms. The molecule has 5 atom stereocenters. The molecule has 0 saturated heterocycles. The standard InChI is InChI=1S/C17H32N2O/c1-6-17(4,5)19-16(20)12(3)18-11(2)15-10-13-7-8-14(15)9-13/h11-15,18H,6-10H2,1-5H3,(H,19,20). The van der Waals surface area contributed by atoms with Crippen molar-refractivity contribution in [2.75, 3.05) is 0 Å². The van der Waals surface area contributed by atoms with Gasteiger partial charge >= 0.3 is 0 Å². The first-order chi connectivity index (χ1) is 9.32. The van der Waals surface area contributed by atoms with Gasteiger partial charge in [0.1, 0.15) is 0 Å². The van der Waals surface area contributed by atoms with Crippen molar-refractivity contribution in [3.63, 3.8) is 0 Å². The fraction of sp³-hybridized carbons (Fsp3) is 0.941. The van der Waals surface area contributed by atoms with E-state index >= 15 is 0 Å². The zero-order valence-corrected chi connectivity index (χ0v) is 13.8. The summed E-state index contributed by atoms with van der Waals surface area (Å²) in [4.78, 5) is 12.3. The quantitative estimate of drug-likeness (QED) is 0.785. The summed E-state index contributed by atoms with van der Waals surface area (Å²) in [5.41, 5.74) is -0.108. The summed E-state index contributed by atoms with van der Waals surface area (Å²) in [5.74, 6) is 2.79. The number of carbonyl (C=O) groups excluding carboxylic acids is 1. The minimum Gasteiger partial charge on any atom is -0.350 e. The van der Waals surface area contributed by atoms with Crippen molar-refractivity contribution < 1.29 is 4.79 Å². The molecule has 1 amide bonds. The molecule has 116 valence electrons. The first kappa shape index (κ1) is 15.8. The highest BCUT2D eigenvalue weighted by Gasteiger charge is 2.42. The molecule has 0 radical (unpaired) electrons. The molecular formula is C17H32N2O. The molecule has 5 unspecified atom stereocenters. The Bertz CT molecular complexity index is 353. The van der Waals surface area contributed by atoms with Crippen LogP contribution in [-0.2, 0) is 4.79 Å². The molecule has 0 aliphatic heterocycles. The second-order valence-corrected chi connectivity index (χ2v) is 7.74. The van der Waals surface area contributed by atoms with Crippen LogP contribution in [0.15, 0.2) is 0 Å². The van der Waals surface area contributed by atoms with Gasteiger partial charge in [0.05, 0.1) is 6.04 Å². The van der Waals surface area contributed by atoms with Crippen LogP contribution < -0.4 is 10.6 Å². The lowest BCUT2D eigenvalue weighted by atomic mass is 9.83. The van der Waals surface area contributed by atoms with Crippen molar-refractivity contribution in [2.45, 2.75) is 84.3 Å². The summed E-state index contributed by atoms with van der Waals surface area (Å²) in [6, 6.07) is 0.353. The van der Waals surface area contributed by atoms with E-state index in [1.54, 1.807) is 0 Å². The lowest BCUT2D eigenvalue weighted by Gasteiger charge is -2.32. The Hall–Kier alpha value is -0.570. The summed E-state index contributed by atoms with van der Waals surface area (Å²) >= 11 is 0. The molecule has 2 saturated carbocycles. The monoisotopic (exact) mass is 280 g/mol. The number of rotatable bonds is 6. The van der Waals surface area contributed by atoms with Crippen LogP contribution in [0.5, 0.6) is 0 Å². The predicted molar refractivity (Wildman–Crippen MR) is 83.5 cm³/mol. The van der Waals surface area contributed by atoms with Crippen molar-refractivity contribution in [1.29, 1.82) is 0 Å². The van der Waals surface area contributed by atoms with Crippen LogP contribution in [0.3, 0.4) is 0 Å². The van der Waals surface area contributed by atoms with Crippen molar-refractivity contribution in [2.24, 2.45) is 17.8 Å².